The van der Waals surface area contributed by atoms with Crippen LogP contribution in [0.2, 0.25) is 19.6 Å². The number of carboxylic acids is 2. The van der Waals surface area contributed by atoms with Crippen LogP contribution in [0.4, 0.5) is 0 Å². The summed E-state index contributed by atoms with van der Waals surface area (Å²) in [7, 11) is -1.70. The van der Waals surface area contributed by atoms with Gasteiger partial charge in [0, 0.05) is 6.42 Å². The first-order valence-electron chi connectivity index (χ1n) is 7.59. The fraction of sp³-hybridized carbons (Fsp3) is 0.786. The van der Waals surface area contributed by atoms with E-state index in [1.807, 2.05) is 6.92 Å². The van der Waals surface area contributed by atoms with E-state index in [0.29, 0.717) is 6.42 Å². The summed E-state index contributed by atoms with van der Waals surface area (Å²) in [4.78, 5) is 37.4. The number of hydrogen-bond donors (Lipinski definition) is 4. The van der Waals surface area contributed by atoms with E-state index in [9.17, 15) is 14.4 Å². The molecule has 0 unspecified atom stereocenters. The molecule has 2 atom stereocenters. The Labute approximate surface area is 132 Å². The van der Waals surface area contributed by atoms with Gasteiger partial charge in [-0.1, -0.05) is 39.4 Å². The Morgan fingerprint density at radius 1 is 1.05 bits per heavy atom. The maximum Gasteiger partial charge on any atom is 0.326 e. The maximum absolute atomic E-state index is 12.3. The predicted octanol–water partition coefficient (Wildman–Crippen LogP) is 1.40. The van der Waals surface area contributed by atoms with Crippen molar-refractivity contribution in [2.24, 2.45) is 0 Å². The van der Waals surface area contributed by atoms with Crippen LogP contribution in [0.15, 0.2) is 0 Å². The van der Waals surface area contributed by atoms with Gasteiger partial charge in [-0.15, -0.1) is 0 Å². The number of carbonyl (C=O) groups is 3. The van der Waals surface area contributed by atoms with Crippen LogP contribution in [-0.4, -0.2) is 48.4 Å². The Balaban J connectivity index is 4.79. The van der Waals surface area contributed by atoms with E-state index >= 15 is 0 Å². The Morgan fingerprint density at radius 2 is 1.64 bits per heavy atom. The largest absolute Gasteiger partial charge is 0.481 e. The fourth-order valence-electron chi connectivity index (χ4n) is 2.00. The number of carbonyl (C=O) groups excluding carboxylic acids is 1. The summed E-state index contributed by atoms with van der Waals surface area (Å²) in [6, 6.07) is -1.60. The smallest absolute Gasteiger partial charge is 0.326 e. The lowest BCUT2D eigenvalue weighted by molar-refractivity contribution is -0.143. The van der Waals surface area contributed by atoms with Crippen LogP contribution in [-0.2, 0) is 14.4 Å². The van der Waals surface area contributed by atoms with Crippen molar-refractivity contribution in [2.45, 2.75) is 70.8 Å². The van der Waals surface area contributed by atoms with Crippen molar-refractivity contribution in [1.82, 2.24) is 10.3 Å². The molecule has 1 amide bonds. The van der Waals surface area contributed by atoms with E-state index in [1.54, 1.807) is 0 Å². The van der Waals surface area contributed by atoms with Gasteiger partial charge in [-0.2, -0.15) is 0 Å². The molecule has 0 aliphatic carbocycles. The molecule has 128 valence electrons. The molecule has 0 aliphatic heterocycles. The number of aliphatic carboxylic acids is 2. The zero-order valence-electron chi connectivity index (χ0n) is 13.8. The number of hydrogen-bond acceptors (Lipinski definition) is 4. The van der Waals surface area contributed by atoms with Crippen LogP contribution < -0.4 is 10.3 Å². The highest BCUT2D eigenvalue weighted by Crippen LogP contribution is 2.07. The van der Waals surface area contributed by atoms with E-state index in [2.05, 4.69) is 29.9 Å². The third-order valence-corrected chi connectivity index (χ3v) is 4.25. The van der Waals surface area contributed by atoms with Crippen LogP contribution in [0.25, 0.3) is 0 Å². The van der Waals surface area contributed by atoms with E-state index < -0.39 is 32.3 Å². The standard InChI is InChI=1S/C14H28N2O5Si/c1-5-6-7-10(16-22(2,3)4)13(19)15-11(14(20)21)8-9-12(17)18/h10-11,16H,5-9H2,1-4H3,(H,15,19)(H,17,18)(H,20,21)/t10-,11-/m0/s1. The van der Waals surface area contributed by atoms with Crippen molar-refractivity contribution in [3.8, 4) is 0 Å². The molecule has 8 heteroatoms. The first kappa shape index (κ1) is 20.6. The van der Waals surface area contributed by atoms with E-state index in [-0.39, 0.29) is 18.7 Å². The van der Waals surface area contributed by atoms with Crippen molar-refractivity contribution >= 4 is 26.1 Å². The van der Waals surface area contributed by atoms with Crippen molar-refractivity contribution in [1.29, 1.82) is 0 Å². The maximum atomic E-state index is 12.3. The number of carboxylic acid groups (broad SMARTS) is 2. The topological polar surface area (TPSA) is 116 Å². The van der Waals surface area contributed by atoms with Crippen molar-refractivity contribution in [3.05, 3.63) is 0 Å². The van der Waals surface area contributed by atoms with Gasteiger partial charge in [-0.05, 0) is 12.8 Å². The number of rotatable bonds is 11. The van der Waals surface area contributed by atoms with Gasteiger partial charge < -0.3 is 20.5 Å². The van der Waals surface area contributed by atoms with Gasteiger partial charge in [-0.25, -0.2) is 4.79 Å². The zero-order chi connectivity index (χ0) is 17.3. The van der Waals surface area contributed by atoms with Crippen LogP contribution in [0.3, 0.4) is 0 Å². The monoisotopic (exact) mass is 332 g/mol. The summed E-state index contributed by atoms with van der Waals surface area (Å²) in [6.07, 6.45) is 2.03. The molecule has 0 heterocycles. The zero-order valence-corrected chi connectivity index (χ0v) is 14.8. The second kappa shape index (κ2) is 9.57. The van der Waals surface area contributed by atoms with Crippen molar-refractivity contribution in [3.63, 3.8) is 0 Å². The molecule has 0 bridgehead atoms. The molecule has 0 saturated heterocycles. The second-order valence-corrected chi connectivity index (χ2v) is 11.2. The number of amides is 1. The number of nitrogens with one attached hydrogen (secondary N) is 2. The summed E-state index contributed by atoms with van der Waals surface area (Å²) < 4.78 is 0. The molecule has 0 spiro atoms. The highest BCUT2D eigenvalue weighted by molar-refractivity contribution is 6.73. The van der Waals surface area contributed by atoms with Crippen LogP contribution in [0.5, 0.6) is 0 Å². The van der Waals surface area contributed by atoms with Gasteiger partial charge in [0.05, 0.1) is 6.04 Å². The lowest BCUT2D eigenvalue weighted by atomic mass is 10.1. The highest BCUT2D eigenvalue weighted by Gasteiger charge is 2.28. The summed E-state index contributed by atoms with van der Waals surface area (Å²) in [6.45, 7) is 8.23. The molecule has 0 saturated carbocycles. The summed E-state index contributed by atoms with van der Waals surface area (Å²) >= 11 is 0. The van der Waals surface area contributed by atoms with Crippen LogP contribution in [0, 0.1) is 0 Å². The minimum atomic E-state index is -1.70. The first-order chi connectivity index (χ1) is 10.1. The second-order valence-electron chi connectivity index (χ2n) is 6.42. The Kier molecular flexibility index (Phi) is 8.96. The molecular formula is C14H28N2O5Si. The number of unbranched alkanes of at least 4 members (excludes halogenated alkanes) is 1. The first-order valence-corrected chi connectivity index (χ1v) is 11.1. The molecule has 0 radical (unpaired) electrons. The van der Waals surface area contributed by atoms with Gasteiger partial charge in [0.1, 0.15) is 14.3 Å². The SMILES string of the molecule is CCCC[C@H](N[Si](C)(C)C)C(=O)N[C@@H](CCC(=O)O)C(=O)O. The average Bonchev–Trinajstić information content (AvgIpc) is 2.37. The highest BCUT2D eigenvalue weighted by atomic mass is 28.3. The predicted molar refractivity (Wildman–Crippen MR) is 86.2 cm³/mol. The van der Waals surface area contributed by atoms with Gasteiger partial charge in [0.2, 0.25) is 5.91 Å². The molecule has 0 aromatic rings. The van der Waals surface area contributed by atoms with Crippen molar-refractivity contribution in [2.75, 3.05) is 0 Å². The third kappa shape index (κ3) is 9.51. The fourth-order valence-corrected chi connectivity index (χ4v) is 3.32. The molecule has 0 aromatic carbocycles. The Bertz CT molecular complexity index is 395. The summed E-state index contributed by atoms with van der Waals surface area (Å²) in [5.41, 5.74) is 0. The lowest BCUT2D eigenvalue weighted by Crippen LogP contribution is -2.56. The van der Waals surface area contributed by atoms with E-state index in [0.717, 1.165) is 12.8 Å². The van der Waals surface area contributed by atoms with E-state index in [1.165, 1.54) is 0 Å². The van der Waals surface area contributed by atoms with Gasteiger partial charge in [-0.3, -0.25) is 9.59 Å². The molecule has 0 aromatic heterocycles. The van der Waals surface area contributed by atoms with Gasteiger partial charge >= 0.3 is 11.9 Å². The molecule has 0 aliphatic rings. The van der Waals surface area contributed by atoms with Crippen LogP contribution in [0.1, 0.15) is 39.0 Å². The van der Waals surface area contributed by atoms with Gasteiger partial charge in [0.25, 0.3) is 0 Å². The minimum Gasteiger partial charge on any atom is -0.481 e. The van der Waals surface area contributed by atoms with Crippen molar-refractivity contribution < 1.29 is 24.6 Å². The Hall–Kier alpha value is -1.41. The third-order valence-electron chi connectivity index (χ3n) is 3.03. The molecular weight excluding hydrogens is 304 g/mol. The molecule has 7 nitrogen and oxygen atoms in total. The summed E-state index contributed by atoms with van der Waals surface area (Å²) in [5.74, 6) is -2.66. The minimum absolute atomic E-state index is 0.121. The average molecular weight is 332 g/mol. The van der Waals surface area contributed by atoms with Gasteiger partial charge in [0.15, 0.2) is 0 Å². The molecule has 0 rings (SSSR count). The lowest BCUT2D eigenvalue weighted by Gasteiger charge is -2.27. The van der Waals surface area contributed by atoms with E-state index in [4.69, 9.17) is 10.2 Å². The molecule has 0 fully saturated rings. The summed E-state index contributed by atoms with van der Waals surface area (Å²) in [5, 5.41) is 20.2. The Morgan fingerprint density at radius 3 is 2.05 bits per heavy atom. The molecule has 4 N–H and O–H groups in total. The normalized spacial score (nSPS) is 14.2. The van der Waals surface area contributed by atoms with Crippen LogP contribution >= 0.6 is 0 Å². The molecule has 22 heavy (non-hydrogen) atoms. The quantitative estimate of drug-likeness (QED) is 0.425.